The van der Waals surface area contributed by atoms with E-state index in [9.17, 15) is 13.2 Å². The van der Waals surface area contributed by atoms with Gasteiger partial charge in [0.2, 0.25) is 10.0 Å². The topological polar surface area (TPSA) is 79.4 Å². The number of benzene rings is 1. The molecule has 156 valence electrons. The first-order valence-corrected chi connectivity index (χ1v) is 11.7. The summed E-state index contributed by atoms with van der Waals surface area (Å²) in [5.41, 5.74) is 0.447. The highest BCUT2D eigenvalue weighted by Crippen LogP contribution is 2.39. The summed E-state index contributed by atoms with van der Waals surface area (Å²) in [6, 6.07) is 9.84. The summed E-state index contributed by atoms with van der Waals surface area (Å²) in [5.74, 6) is -0.240. The number of carbonyl (C=O) groups is 1. The lowest BCUT2D eigenvalue weighted by atomic mass is 9.72. The summed E-state index contributed by atoms with van der Waals surface area (Å²) in [6.45, 7) is 4.23. The van der Waals surface area contributed by atoms with Crippen LogP contribution in [0.3, 0.4) is 0 Å². The first-order valence-electron chi connectivity index (χ1n) is 9.35. The molecule has 6 nitrogen and oxygen atoms in total. The molecule has 9 heteroatoms. The van der Waals surface area contributed by atoms with Gasteiger partial charge in [0.1, 0.15) is 0 Å². The molecule has 1 amide bonds. The minimum atomic E-state index is -3.32. The molecule has 0 bridgehead atoms. The van der Waals surface area contributed by atoms with Crippen molar-refractivity contribution in [1.29, 1.82) is 0 Å². The summed E-state index contributed by atoms with van der Waals surface area (Å²) in [6.07, 6.45) is 2.22. The molecule has 2 heterocycles. The maximum atomic E-state index is 12.8. The summed E-state index contributed by atoms with van der Waals surface area (Å²) in [4.78, 5) is 17.2. The van der Waals surface area contributed by atoms with Crippen LogP contribution in [0.2, 0.25) is 10.0 Å². The quantitative estimate of drug-likeness (QED) is 0.692. The SMILES string of the molecule is CCCS(=O)(=O)N1CC(c2ccccn2)([C@H](C)NC(=O)c2ccc(Cl)cc2Cl)C1. The highest BCUT2D eigenvalue weighted by Gasteiger charge is 2.53. The Morgan fingerprint density at radius 2 is 2.00 bits per heavy atom. The molecule has 1 aromatic heterocycles. The van der Waals surface area contributed by atoms with Gasteiger partial charge in [-0.05, 0) is 43.7 Å². The summed E-state index contributed by atoms with van der Waals surface area (Å²) >= 11 is 12.1. The van der Waals surface area contributed by atoms with Crippen LogP contribution in [0.4, 0.5) is 0 Å². The van der Waals surface area contributed by atoms with Crippen LogP contribution in [0.5, 0.6) is 0 Å². The zero-order chi connectivity index (χ0) is 21.2. The highest BCUT2D eigenvalue weighted by molar-refractivity contribution is 7.89. The molecule has 1 atom stereocenters. The smallest absolute Gasteiger partial charge is 0.253 e. The maximum absolute atomic E-state index is 12.8. The van der Waals surface area contributed by atoms with Gasteiger partial charge in [-0.25, -0.2) is 8.42 Å². The molecule has 1 aliphatic heterocycles. The van der Waals surface area contributed by atoms with Crippen LogP contribution in [0, 0.1) is 0 Å². The van der Waals surface area contributed by atoms with E-state index in [1.165, 1.54) is 10.4 Å². The Kier molecular flexibility index (Phi) is 6.53. The number of aromatic nitrogens is 1. The van der Waals surface area contributed by atoms with E-state index in [0.29, 0.717) is 17.0 Å². The van der Waals surface area contributed by atoms with E-state index in [1.54, 1.807) is 24.4 Å². The molecule has 3 rings (SSSR count). The molecule has 29 heavy (non-hydrogen) atoms. The number of sulfonamides is 1. The molecule has 1 N–H and O–H groups in total. The minimum Gasteiger partial charge on any atom is -0.348 e. The van der Waals surface area contributed by atoms with Crippen LogP contribution < -0.4 is 5.32 Å². The van der Waals surface area contributed by atoms with Gasteiger partial charge in [-0.3, -0.25) is 9.78 Å². The number of nitrogens with one attached hydrogen (secondary N) is 1. The van der Waals surface area contributed by atoms with Gasteiger partial charge in [0.05, 0.1) is 27.4 Å². The highest BCUT2D eigenvalue weighted by atomic mass is 35.5. The van der Waals surface area contributed by atoms with E-state index >= 15 is 0 Å². The second kappa shape index (κ2) is 8.60. The van der Waals surface area contributed by atoms with Crippen molar-refractivity contribution < 1.29 is 13.2 Å². The Morgan fingerprint density at radius 1 is 1.28 bits per heavy atom. The van der Waals surface area contributed by atoms with E-state index in [1.807, 2.05) is 26.0 Å². The minimum absolute atomic E-state index is 0.104. The molecule has 1 aromatic carbocycles. The first kappa shape index (κ1) is 22.0. The summed E-state index contributed by atoms with van der Waals surface area (Å²) in [5, 5.41) is 3.68. The largest absolute Gasteiger partial charge is 0.348 e. The van der Waals surface area contributed by atoms with Crippen LogP contribution in [0.15, 0.2) is 42.6 Å². The molecule has 0 saturated carbocycles. The standard InChI is InChI=1S/C20H23Cl2N3O3S/c1-3-10-29(27,28)25-12-20(13-25,18-6-4-5-9-23-18)14(2)24-19(26)16-8-7-15(21)11-17(16)22/h4-9,11,14H,3,10,12-13H2,1-2H3,(H,24,26)/t14-/m0/s1. The number of pyridine rings is 1. The van der Waals surface area contributed by atoms with Crippen molar-refractivity contribution in [3.63, 3.8) is 0 Å². The van der Waals surface area contributed by atoms with Crippen molar-refractivity contribution in [2.24, 2.45) is 0 Å². The number of amides is 1. The molecule has 1 saturated heterocycles. The molecule has 1 aliphatic rings. The van der Waals surface area contributed by atoms with Crippen molar-refractivity contribution in [1.82, 2.24) is 14.6 Å². The Labute approximate surface area is 181 Å². The van der Waals surface area contributed by atoms with Gasteiger partial charge < -0.3 is 5.32 Å². The predicted molar refractivity (Wildman–Crippen MR) is 115 cm³/mol. The number of rotatable bonds is 7. The molecule has 1 fully saturated rings. The lowest BCUT2D eigenvalue weighted by molar-refractivity contribution is 0.0800. The molecule has 2 aromatic rings. The van der Waals surface area contributed by atoms with Gasteiger partial charge in [0.15, 0.2) is 0 Å². The zero-order valence-corrected chi connectivity index (χ0v) is 18.6. The fourth-order valence-corrected chi connectivity index (χ4v) is 5.69. The van der Waals surface area contributed by atoms with E-state index in [2.05, 4.69) is 10.3 Å². The van der Waals surface area contributed by atoms with Crippen molar-refractivity contribution in [2.75, 3.05) is 18.8 Å². The number of halogens is 2. The van der Waals surface area contributed by atoms with Crippen molar-refractivity contribution in [2.45, 2.75) is 31.7 Å². The average Bonchev–Trinajstić information content (AvgIpc) is 2.61. The van der Waals surface area contributed by atoms with Crippen molar-refractivity contribution in [3.8, 4) is 0 Å². The Hall–Kier alpha value is -1.67. The molecular weight excluding hydrogens is 433 g/mol. The van der Waals surface area contributed by atoms with Gasteiger partial charge in [-0.15, -0.1) is 0 Å². The van der Waals surface area contributed by atoms with E-state index in [-0.39, 0.29) is 35.8 Å². The number of nitrogens with zero attached hydrogens (tertiary/aromatic N) is 2. The molecule has 0 unspecified atom stereocenters. The second-order valence-electron chi connectivity index (χ2n) is 7.27. The van der Waals surface area contributed by atoms with E-state index < -0.39 is 15.4 Å². The molecule has 0 radical (unpaired) electrons. The zero-order valence-electron chi connectivity index (χ0n) is 16.2. The first-order chi connectivity index (χ1) is 13.7. The van der Waals surface area contributed by atoms with Gasteiger partial charge in [-0.2, -0.15) is 4.31 Å². The Morgan fingerprint density at radius 3 is 2.59 bits per heavy atom. The van der Waals surface area contributed by atoms with Crippen molar-refractivity contribution in [3.05, 3.63) is 63.9 Å². The lowest BCUT2D eigenvalue weighted by Crippen LogP contribution is -2.69. The van der Waals surface area contributed by atoms with Crippen LogP contribution in [-0.2, 0) is 15.4 Å². The van der Waals surface area contributed by atoms with Crippen LogP contribution in [-0.4, -0.2) is 48.5 Å². The third-order valence-corrected chi connectivity index (χ3v) is 7.82. The number of carbonyl (C=O) groups excluding carboxylic acids is 1. The third-order valence-electron chi connectivity index (χ3n) is 5.30. The second-order valence-corrected chi connectivity index (χ2v) is 10.2. The van der Waals surface area contributed by atoms with Crippen LogP contribution in [0.25, 0.3) is 0 Å². The van der Waals surface area contributed by atoms with E-state index in [0.717, 1.165) is 5.69 Å². The molecular formula is C20H23Cl2N3O3S. The Bertz CT molecular complexity index is 993. The average molecular weight is 456 g/mol. The van der Waals surface area contributed by atoms with E-state index in [4.69, 9.17) is 23.2 Å². The van der Waals surface area contributed by atoms with Crippen LogP contribution in [0.1, 0.15) is 36.3 Å². The number of hydrogen-bond acceptors (Lipinski definition) is 4. The Balaban J connectivity index is 1.85. The lowest BCUT2D eigenvalue weighted by Gasteiger charge is -2.52. The maximum Gasteiger partial charge on any atom is 0.253 e. The van der Waals surface area contributed by atoms with Gasteiger partial charge in [-0.1, -0.05) is 36.2 Å². The van der Waals surface area contributed by atoms with Gasteiger partial charge in [0, 0.05) is 30.4 Å². The predicted octanol–water partition coefficient (Wildman–Crippen LogP) is 3.50. The monoisotopic (exact) mass is 455 g/mol. The summed E-state index contributed by atoms with van der Waals surface area (Å²) < 4.78 is 26.4. The van der Waals surface area contributed by atoms with Crippen LogP contribution >= 0.6 is 23.2 Å². The van der Waals surface area contributed by atoms with Gasteiger partial charge >= 0.3 is 0 Å². The van der Waals surface area contributed by atoms with Crippen molar-refractivity contribution >= 4 is 39.1 Å². The normalized spacial score (nSPS) is 17.4. The third kappa shape index (κ3) is 4.43. The summed E-state index contributed by atoms with van der Waals surface area (Å²) in [7, 11) is -3.32. The fourth-order valence-electron chi connectivity index (χ4n) is 3.57. The van der Waals surface area contributed by atoms with Gasteiger partial charge in [0.25, 0.3) is 5.91 Å². The number of hydrogen-bond donors (Lipinski definition) is 1. The molecule has 0 spiro atoms. The fraction of sp³-hybridized carbons (Fsp3) is 0.400. The molecule has 0 aliphatic carbocycles.